The number of benzene rings is 1. The van der Waals surface area contributed by atoms with Gasteiger partial charge in [-0.15, -0.1) is 0 Å². The largest absolute Gasteiger partial charge is 0.465 e. The maximum absolute atomic E-state index is 11.5. The van der Waals surface area contributed by atoms with Gasteiger partial charge in [-0.05, 0) is 24.6 Å². The van der Waals surface area contributed by atoms with Crippen molar-refractivity contribution in [1.82, 2.24) is 0 Å². The summed E-state index contributed by atoms with van der Waals surface area (Å²) < 4.78 is 5.96. The van der Waals surface area contributed by atoms with Gasteiger partial charge in [-0.2, -0.15) is 0 Å². The van der Waals surface area contributed by atoms with Crippen LogP contribution >= 0.6 is 47.8 Å². The molecule has 0 radical (unpaired) electrons. The Balaban J connectivity index is 2.73. The van der Waals surface area contributed by atoms with E-state index < -0.39 is 0 Å². The molecule has 0 amide bonds. The van der Waals surface area contributed by atoms with Crippen molar-refractivity contribution < 1.29 is 9.53 Å². The number of ether oxygens (including phenoxy) is 1. The first-order valence-electron chi connectivity index (χ1n) is 4.76. The van der Waals surface area contributed by atoms with Gasteiger partial charge >= 0.3 is 5.97 Å². The van der Waals surface area contributed by atoms with E-state index in [2.05, 4.69) is 47.8 Å². The molecule has 0 fully saturated rings. The molecule has 1 aromatic rings. The molecular formula is C11H11Br3O2. The maximum Gasteiger partial charge on any atom is 0.321 e. The van der Waals surface area contributed by atoms with Crippen LogP contribution < -0.4 is 0 Å². The molecule has 0 bridgehead atoms. The van der Waals surface area contributed by atoms with Crippen molar-refractivity contribution in [2.75, 3.05) is 6.61 Å². The Morgan fingerprint density at radius 3 is 2.38 bits per heavy atom. The lowest BCUT2D eigenvalue weighted by Crippen LogP contribution is -2.21. The number of carbonyl (C=O) groups excluding carboxylic acids is 1. The highest BCUT2D eigenvalue weighted by atomic mass is 79.9. The number of rotatable bonds is 4. The Morgan fingerprint density at radius 2 is 1.88 bits per heavy atom. The summed E-state index contributed by atoms with van der Waals surface area (Å²) in [6.45, 7) is 2.18. The summed E-state index contributed by atoms with van der Waals surface area (Å²) in [5, 5.41) is 0. The van der Waals surface area contributed by atoms with Crippen molar-refractivity contribution in [2.45, 2.75) is 16.6 Å². The molecule has 2 nitrogen and oxygen atoms in total. The number of halogens is 3. The lowest BCUT2D eigenvalue weighted by atomic mass is 10.1. The molecule has 1 aromatic carbocycles. The smallest absolute Gasteiger partial charge is 0.321 e. The number of esters is 1. The van der Waals surface area contributed by atoms with E-state index in [0.717, 1.165) is 10.0 Å². The highest BCUT2D eigenvalue weighted by Crippen LogP contribution is 2.32. The molecule has 0 N–H and O–H groups in total. The third kappa shape index (κ3) is 3.86. The van der Waals surface area contributed by atoms with E-state index in [1.54, 1.807) is 6.92 Å². The van der Waals surface area contributed by atoms with Crippen molar-refractivity contribution in [3.8, 4) is 0 Å². The van der Waals surface area contributed by atoms with Crippen molar-refractivity contribution in [3.63, 3.8) is 0 Å². The second kappa shape index (κ2) is 6.77. The Labute approximate surface area is 120 Å². The Morgan fingerprint density at radius 1 is 1.31 bits per heavy atom. The Kier molecular flexibility index (Phi) is 6.00. The van der Waals surface area contributed by atoms with E-state index in [9.17, 15) is 4.79 Å². The van der Waals surface area contributed by atoms with Crippen LogP contribution in [0.2, 0.25) is 0 Å². The van der Waals surface area contributed by atoms with Crippen LogP contribution in [0.4, 0.5) is 0 Å². The molecule has 5 heteroatoms. The average Bonchev–Trinajstić information content (AvgIpc) is 2.28. The second-order valence-electron chi connectivity index (χ2n) is 3.11. The SMILES string of the molecule is CCOC(=O)[C@@H](Br)[C@H](Br)c1ccc(Br)cc1. The minimum atomic E-state index is -0.381. The number of carbonyl (C=O) groups is 1. The molecule has 0 unspecified atom stereocenters. The van der Waals surface area contributed by atoms with Crippen molar-refractivity contribution in [3.05, 3.63) is 34.3 Å². The Hall–Kier alpha value is 0.130. The quantitative estimate of drug-likeness (QED) is 0.545. The zero-order valence-electron chi connectivity index (χ0n) is 8.62. The summed E-state index contributed by atoms with van der Waals surface area (Å²) in [5.74, 6) is -0.257. The lowest BCUT2D eigenvalue weighted by Gasteiger charge is -2.15. The summed E-state index contributed by atoms with van der Waals surface area (Å²) in [7, 11) is 0. The van der Waals surface area contributed by atoms with Gasteiger partial charge < -0.3 is 4.74 Å². The van der Waals surface area contributed by atoms with E-state index in [0.29, 0.717) is 6.61 Å². The zero-order valence-corrected chi connectivity index (χ0v) is 13.4. The molecule has 88 valence electrons. The van der Waals surface area contributed by atoms with Gasteiger partial charge in [0.25, 0.3) is 0 Å². The summed E-state index contributed by atoms with van der Waals surface area (Å²) >= 11 is 10.2. The zero-order chi connectivity index (χ0) is 12.1. The van der Waals surface area contributed by atoms with Gasteiger partial charge in [0.2, 0.25) is 0 Å². The third-order valence-electron chi connectivity index (χ3n) is 1.96. The second-order valence-corrected chi connectivity index (χ2v) is 6.00. The van der Waals surface area contributed by atoms with Crippen LogP contribution in [0.15, 0.2) is 28.7 Å². The first kappa shape index (κ1) is 14.2. The fraction of sp³-hybridized carbons (Fsp3) is 0.364. The lowest BCUT2D eigenvalue weighted by molar-refractivity contribution is -0.142. The van der Waals surface area contributed by atoms with Crippen LogP contribution in [0.1, 0.15) is 17.3 Å². The first-order valence-corrected chi connectivity index (χ1v) is 7.39. The fourth-order valence-corrected chi connectivity index (χ4v) is 2.38. The molecular weight excluding hydrogens is 404 g/mol. The predicted molar refractivity (Wildman–Crippen MR) is 75.2 cm³/mol. The normalized spacial score (nSPS) is 14.2. The van der Waals surface area contributed by atoms with Gasteiger partial charge in [-0.3, -0.25) is 4.79 Å². The summed E-state index contributed by atoms with van der Waals surface area (Å²) in [4.78, 5) is 11.0. The van der Waals surface area contributed by atoms with Crippen molar-refractivity contribution in [1.29, 1.82) is 0 Å². The molecule has 0 spiro atoms. The molecule has 0 aromatic heterocycles. The highest BCUT2D eigenvalue weighted by molar-refractivity contribution is 9.12. The van der Waals surface area contributed by atoms with Gasteiger partial charge in [0.05, 0.1) is 11.4 Å². The summed E-state index contributed by atoms with van der Waals surface area (Å²) in [5.41, 5.74) is 1.03. The van der Waals surface area contributed by atoms with E-state index in [-0.39, 0.29) is 15.6 Å². The van der Waals surface area contributed by atoms with Crippen LogP contribution in [0.5, 0.6) is 0 Å². The molecule has 0 aliphatic carbocycles. The third-order valence-corrected chi connectivity index (χ3v) is 5.16. The summed E-state index contributed by atoms with van der Waals surface area (Å²) in [6.07, 6.45) is 0. The molecule has 2 atom stereocenters. The van der Waals surface area contributed by atoms with E-state index >= 15 is 0 Å². The molecule has 0 saturated heterocycles. The van der Waals surface area contributed by atoms with Crippen LogP contribution in [0.3, 0.4) is 0 Å². The standard InChI is InChI=1S/C11H11Br3O2/c1-2-16-11(15)10(14)9(13)7-3-5-8(12)6-4-7/h3-6,9-10H,2H2,1H3/t9-,10+/m1/s1. The number of alkyl halides is 2. The predicted octanol–water partition coefficient (Wildman–Crippen LogP) is 4.21. The number of hydrogen-bond donors (Lipinski definition) is 0. The molecule has 0 heterocycles. The Bertz CT molecular complexity index is 351. The minimum absolute atomic E-state index is 0.0975. The van der Waals surface area contributed by atoms with E-state index in [4.69, 9.17) is 4.74 Å². The monoisotopic (exact) mass is 412 g/mol. The van der Waals surface area contributed by atoms with Crippen LogP contribution in [-0.4, -0.2) is 17.4 Å². The number of hydrogen-bond acceptors (Lipinski definition) is 2. The van der Waals surface area contributed by atoms with Crippen LogP contribution in [0.25, 0.3) is 0 Å². The highest BCUT2D eigenvalue weighted by Gasteiger charge is 2.25. The maximum atomic E-state index is 11.5. The fourth-order valence-electron chi connectivity index (χ4n) is 1.16. The van der Waals surface area contributed by atoms with Crippen molar-refractivity contribution in [2.24, 2.45) is 0 Å². The molecule has 0 saturated carbocycles. The van der Waals surface area contributed by atoms with Crippen molar-refractivity contribution >= 4 is 53.8 Å². The first-order chi connectivity index (χ1) is 7.56. The minimum Gasteiger partial charge on any atom is -0.465 e. The van der Waals surface area contributed by atoms with E-state index in [1.165, 1.54) is 0 Å². The van der Waals surface area contributed by atoms with Gasteiger partial charge in [-0.25, -0.2) is 0 Å². The molecule has 0 aliphatic heterocycles. The van der Waals surface area contributed by atoms with Gasteiger partial charge in [0.15, 0.2) is 0 Å². The molecule has 0 aliphatic rings. The topological polar surface area (TPSA) is 26.3 Å². The summed E-state index contributed by atoms with van der Waals surface area (Å²) in [6, 6.07) is 7.79. The van der Waals surface area contributed by atoms with Gasteiger partial charge in [0, 0.05) is 4.47 Å². The van der Waals surface area contributed by atoms with Gasteiger partial charge in [0.1, 0.15) is 4.83 Å². The van der Waals surface area contributed by atoms with E-state index in [1.807, 2.05) is 24.3 Å². The molecule has 1 rings (SSSR count). The molecule has 16 heavy (non-hydrogen) atoms. The average molecular weight is 415 g/mol. The van der Waals surface area contributed by atoms with Crippen LogP contribution in [-0.2, 0) is 9.53 Å². The van der Waals surface area contributed by atoms with Crippen LogP contribution in [0, 0.1) is 0 Å². The van der Waals surface area contributed by atoms with Gasteiger partial charge in [-0.1, -0.05) is 59.9 Å².